The molecule has 96 valence electrons. The van der Waals surface area contributed by atoms with Gasteiger partial charge in [0.2, 0.25) is 5.95 Å². The van der Waals surface area contributed by atoms with Crippen LogP contribution in [0.1, 0.15) is 6.42 Å². The van der Waals surface area contributed by atoms with Crippen molar-refractivity contribution in [3.63, 3.8) is 0 Å². The highest BCUT2D eigenvalue weighted by Gasteiger charge is 2.11. The number of methoxy groups -OCH3 is 1. The molecule has 0 saturated carbocycles. The van der Waals surface area contributed by atoms with Crippen LogP contribution in [0.15, 0.2) is 6.20 Å². The van der Waals surface area contributed by atoms with Crippen molar-refractivity contribution in [3.8, 4) is 0 Å². The molecular formula is C10H17ClN4O2. The molecule has 0 amide bonds. The summed E-state index contributed by atoms with van der Waals surface area (Å²) in [5.41, 5.74) is 0. The van der Waals surface area contributed by atoms with Gasteiger partial charge in [-0.25, -0.2) is 4.98 Å². The molecule has 0 saturated heterocycles. The molecule has 6 nitrogen and oxygen atoms in total. The van der Waals surface area contributed by atoms with Crippen LogP contribution in [0.5, 0.6) is 0 Å². The van der Waals surface area contributed by atoms with Crippen molar-refractivity contribution in [2.45, 2.75) is 12.5 Å². The van der Waals surface area contributed by atoms with Crippen molar-refractivity contribution >= 4 is 23.4 Å². The molecule has 1 aromatic rings. The van der Waals surface area contributed by atoms with Crippen LogP contribution >= 0.6 is 11.6 Å². The predicted molar refractivity (Wildman–Crippen MR) is 67.6 cm³/mol. The Morgan fingerprint density at radius 1 is 1.59 bits per heavy atom. The Morgan fingerprint density at radius 3 is 2.94 bits per heavy atom. The minimum absolute atomic E-state index is 0.0397. The molecule has 1 heterocycles. The highest BCUT2D eigenvalue weighted by Crippen LogP contribution is 2.20. The van der Waals surface area contributed by atoms with Crippen molar-refractivity contribution in [1.82, 2.24) is 9.97 Å². The van der Waals surface area contributed by atoms with E-state index in [1.54, 1.807) is 14.2 Å². The van der Waals surface area contributed by atoms with E-state index in [4.69, 9.17) is 21.4 Å². The van der Waals surface area contributed by atoms with Gasteiger partial charge >= 0.3 is 0 Å². The highest BCUT2D eigenvalue weighted by atomic mass is 35.5. The zero-order valence-corrected chi connectivity index (χ0v) is 10.7. The number of aliphatic hydroxyl groups excluding tert-OH is 1. The van der Waals surface area contributed by atoms with Crippen LogP contribution in [0.25, 0.3) is 0 Å². The third kappa shape index (κ3) is 4.33. The SMILES string of the molecule is CNc1ncc(Cl)c(NC(CCO)COC)n1. The first-order chi connectivity index (χ1) is 8.21. The molecule has 0 spiro atoms. The second-order valence-electron chi connectivity index (χ2n) is 3.45. The van der Waals surface area contributed by atoms with Crippen LogP contribution in [-0.4, -0.2) is 48.5 Å². The fourth-order valence-electron chi connectivity index (χ4n) is 1.34. The lowest BCUT2D eigenvalue weighted by Gasteiger charge is -2.18. The zero-order valence-electron chi connectivity index (χ0n) is 9.90. The number of hydrogen-bond acceptors (Lipinski definition) is 6. The van der Waals surface area contributed by atoms with Crippen molar-refractivity contribution < 1.29 is 9.84 Å². The van der Waals surface area contributed by atoms with E-state index >= 15 is 0 Å². The van der Waals surface area contributed by atoms with Crippen molar-refractivity contribution in [1.29, 1.82) is 0 Å². The molecule has 3 N–H and O–H groups in total. The average Bonchev–Trinajstić information content (AvgIpc) is 2.32. The molecule has 1 aromatic heterocycles. The maximum Gasteiger partial charge on any atom is 0.224 e. The van der Waals surface area contributed by atoms with E-state index < -0.39 is 0 Å². The summed E-state index contributed by atoms with van der Waals surface area (Å²) in [6.07, 6.45) is 2.08. The van der Waals surface area contributed by atoms with E-state index in [1.807, 2.05) is 0 Å². The van der Waals surface area contributed by atoms with Gasteiger partial charge in [0.15, 0.2) is 5.82 Å². The summed E-state index contributed by atoms with van der Waals surface area (Å²) in [7, 11) is 3.33. The van der Waals surface area contributed by atoms with E-state index in [0.29, 0.717) is 29.8 Å². The van der Waals surface area contributed by atoms with Crippen LogP contribution in [0, 0.1) is 0 Å². The number of hydrogen-bond donors (Lipinski definition) is 3. The van der Waals surface area contributed by atoms with E-state index in [-0.39, 0.29) is 12.6 Å². The van der Waals surface area contributed by atoms with Crippen LogP contribution in [0.2, 0.25) is 5.02 Å². The van der Waals surface area contributed by atoms with Gasteiger partial charge in [0.25, 0.3) is 0 Å². The standard InChI is InChI=1S/C10H17ClN4O2/c1-12-10-13-5-8(11)9(15-10)14-7(3-4-16)6-17-2/h5,7,16H,3-4,6H2,1-2H3,(H2,12,13,14,15). The molecular weight excluding hydrogens is 244 g/mol. The van der Waals surface area contributed by atoms with E-state index in [2.05, 4.69) is 20.6 Å². The van der Waals surface area contributed by atoms with Gasteiger partial charge in [0, 0.05) is 20.8 Å². The monoisotopic (exact) mass is 260 g/mol. The molecule has 0 fully saturated rings. The minimum atomic E-state index is -0.0397. The van der Waals surface area contributed by atoms with Crippen molar-refractivity contribution in [2.75, 3.05) is 38.0 Å². The third-order valence-electron chi connectivity index (χ3n) is 2.15. The largest absolute Gasteiger partial charge is 0.396 e. The van der Waals surface area contributed by atoms with Gasteiger partial charge in [0.1, 0.15) is 5.02 Å². The summed E-state index contributed by atoms with van der Waals surface area (Å²) in [6, 6.07) is -0.0397. The maximum atomic E-state index is 8.94. The van der Waals surface area contributed by atoms with Gasteiger partial charge in [0.05, 0.1) is 18.8 Å². The molecule has 0 aliphatic carbocycles. The first-order valence-electron chi connectivity index (χ1n) is 5.27. The summed E-state index contributed by atoms with van der Waals surface area (Å²) in [4.78, 5) is 8.17. The molecule has 0 bridgehead atoms. The molecule has 1 unspecified atom stereocenters. The lowest BCUT2D eigenvalue weighted by molar-refractivity contribution is 0.170. The topological polar surface area (TPSA) is 79.3 Å². The van der Waals surface area contributed by atoms with Crippen molar-refractivity contribution in [2.24, 2.45) is 0 Å². The Morgan fingerprint density at radius 2 is 2.35 bits per heavy atom. The molecule has 1 rings (SSSR count). The Labute approximate surface area is 105 Å². The van der Waals surface area contributed by atoms with E-state index in [0.717, 1.165) is 0 Å². The van der Waals surface area contributed by atoms with Crippen molar-refractivity contribution in [3.05, 3.63) is 11.2 Å². The number of nitrogens with one attached hydrogen (secondary N) is 2. The van der Waals surface area contributed by atoms with Crippen LogP contribution in [-0.2, 0) is 4.74 Å². The lowest BCUT2D eigenvalue weighted by atomic mass is 10.2. The smallest absolute Gasteiger partial charge is 0.224 e. The second kappa shape index (κ2) is 7.26. The van der Waals surface area contributed by atoms with Crippen LogP contribution in [0.4, 0.5) is 11.8 Å². The summed E-state index contributed by atoms with van der Waals surface area (Å²) < 4.78 is 5.05. The number of aliphatic hydroxyl groups is 1. The Kier molecular flexibility index (Phi) is 5.96. The summed E-state index contributed by atoms with van der Waals surface area (Å²) in [5.74, 6) is 1.01. The highest BCUT2D eigenvalue weighted by molar-refractivity contribution is 6.32. The van der Waals surface area contributed by atoms with Gasteiger partial charge in [-0.2, -0.15) is 4.98 Å². The van der Waals surface area contributed by atoms with E-state index in [9.17, 15) is 0 Å². The molecule has 0 radical (unpaired) electrons. The first kappa shape index (κ1) is 14.0. The van der Waals surface area contributed by atoms with Gasteiger partial charge in [-0.3, -0.25) is 0 Å². The number of aromatic nitrogens is 2. The Bertz CT molecular complexity index is 345. The van der Waals surface area contributed by atoms with Gasteiger partial charge in [-0.15, -0.1) is 0 Å². The quantitative estimate of drug-likeness (QED) is 0.678. The molecule has 0 aromatic carbocycles. The zero-order chi connectivity index (χ0) is 12.7. The third-order valence-corrected chi connectivity index (χ3v) is 2.43. The summed E-state index contributed by atoms with van der Waals surface area (Å²) in [5, 5.41) is 15.3. The first-order valence-corrected chi connectivity index (χ1v) is 5.65. The Hall–Kier alpha value is -1.11. The number of ether oxygens (including phenoxy) is 1. The summed E-state index contributed by atoms with van der Waals surface area (Å²) >= 11 is 5.98. The number of halogens is 1. The van der Waals surface area contributed by atoms with Gasteiger partial charge in [-0.05, 0) is 6.42 Å². The fraction of sp³-hybridized carbons (Fsp3) is 0.600. The van der Waals surface area contributed by atoms with Gasteiger partial charge in [-0.1, -0.05) is 11.6 Å². The molecule has 0 aliphatic rings. The molecule has 17 heavy (non-hydrogen) atoms. The number of anilines is 2. The number of rotatable bonds is 7. The predicted octanol–water partition coefficient (Wildman–Crippen LogP) is 0.981. The molecule has 0 aliphatic heterocycles. The van der Waals surface area contributed by atoms with Crippen LogP contribution in [0.3, 0.4) is 0 Å². The van der Waals surface area contributed by atoms with Gasteiger partial charge < -0.3 is 20.5 Å². The minimum Gasteiger partial charge on any atom is -0.396 e. The Balaban J connectivity index is 2.76. The number of nitrogens with zero attached hydrogens (tertiary/aromatic N) is 2. The molecule has 1 atom stereocenters. The average molecular weight is 261 g/mol. The van der Waals surface area contributed by atoms with Crippen LogP contribution < -0.4 is 10.6 Å². The lowest BCUT2D eigenvalue weighted by Crippen LogP contribution is -2.27. The summed E-state index contributed by atoms with van der Waals surface area (Å²) in [6.45, 7) is 0.540. The normalized spacial score (nSPS) is 12.2. The second-order valence-corrected chi connectivity index (χ2v) is 3.86. The molecule has 7 heteroatoms. The maximum absolute atomic E-state index is 8.94. The van der Waals surface area contributed by atoms with E-state index in [1.165, 1.54) is 6.20 Å². The fourth-order valence-corrected chi connectivity index (χ4v) is 1.48.